The van der Waals surface area contributed by atoms with E-state index in [1.165, 1.54) is 60.1 Å². The Hall–Kier alpha value is -3.37. The van der Waals surface area contributed by atoms with Gasteiger partial charge < -0.3 is 5.32 Å². The van der Waals surface area contributed by atoms with Crippen LogP contribution in [0.25, 0.3) is 10.1 Å². The normalized spacial score (nSPS) is 11.3. The Bertz CT molecular complexity index is 1290. The number of amides is 1. The monoisotopic (exact) mass is 428 g/mol. The lowest BCUT2D eigenvalue weighted by Gasteiger charge is -2.08. The summed E-state index contributed by atoms with van der Waals surface area (Å²) in [5.74, 6) is -0.832. The molecule has 2 heterocycles. The van der Waals surface area contributed by atoms with Gasteiger partial charge >= 0.3 is 0 Å². The van der Waals surface area contributed by atoms with E-state index in [9.17, 15) is 17.6 Å². The molecular weight excluding hydrogens is 415 g/mol. The second-order valence-corrected chi connectivity index (χ2v) is 8.68. The summed E-state index contributed by atoms with van der Waals surface area (Å²) in [5.41, 5.74) is 0.405. The molecule has 29 heavy (non-hydrogen) atoms. The van der Waals surface area contributed by atoms with Crippen molar-refractivity contribution < 1.29 is 17.6 Å². The van der Waals surface area contributed by atoms with Gasteiger partial charge in [-0.05, 0) is 48.5 Å². The first-order valence-corrected chi connectivity index (χ1v) is 10.6. The average molecular weight is 428 g/mol. The number of carbonyl (C=O) groups is 1. The highest BCUT2D eigenvalue weighted by Crippen LogP contribution is 2.28. The molecule has 0 saturated heterocycles. The first-order valence-electron chi connectivity index (χ1n) is 8.32. The number of aromatic nitrogens is 2. The number of fused-ring (bicyclic) bond motifs is 1. The fourth-order valence-corrected chi connectivity index (χ4v) is 4.51. The van der Waals surface area contributed by atoms with Gasteiger partial charge in [-0.3, -0.25) is 4.79 Å². The van der Waals surface area contributed by atoms with Crippen molar-refractivity contribution in [1.29, 1.82) is 0 Å². The molecule has 0 aliphatic heterocycles. The van der Waals surface area contributed by atoms with E-state index in [1.54, 1.807) is 18.2 Å². The minimum atomic E-state index is -3.86. The molecule has 0 atom stereocenters. The van der Waals surface area contributed by atoms with Crippen molar-refractivity contribution in [1.82, 2.24) is 9.97 Å². The van der Waals surface area contributed by atoms with E-state index in [2.05, 4.69) is 20.0 Å². The zero-order valence-corrected chi connectivity index (χ0v) is 16.3. The number of thiophene rings is 1. The van der Waals surface area contributed by atoms with Crippen LogP contribution < -0.4 is 10.0 Å². The van der Waals surface area contributed by atoms with Crippen LogP contribution in [0.1, 0.15) is 9.67 Å². The van der Waals surface area contributed by atoms with Crippen LogP contribution in [0.15, 0.2) is 71.9 Å². The van der Waals surface area contributed by atoms with E-state index in [1.807, 2.05) is 0 Å². The molecule has 0 saturated carbocycles. The molecule has 10 heteroatoms. The molecule has 0 bridgehead atoms. The van der Waals surface area contributed by atoms with Crippen molar-refractivity contribution in [2.75, 3.05) is 10.0 Å². The molecule has 0 aliphatic carbocycles. The molecule has 0 unspecified atom stereocenters. The van der Waals surface area contributed by atoms with Crippen molar-refractivity contribution in [2.24, 2.45) is 0 Å². The number of sulfonamides is 1. The van der Waals surface area contributed by atoms with Crippen LogP contribution in [-0.2, 0) is 10.0 Å². The zero-order valence-electron chi connectivity index (χ0n) is 14.7. The third kappa shape index (κ3) is 4.08. The highest BCUT2D eigenvalue weighted by molar-refractivity contribution is 7.92. The molecule has 0 spiro atoms. The van der Waals surface area contributed by atoms with Crippen LogP contribution in [0.3, 0.4) is 0 Å². The van der Waals surface area contributed by atoms with Gasteiger partial charge in [-0.15, -0.1) is 11.3 Å². The number of benzene rings is 2. The molecule has 1 amide bonds. The largest absolute Gasteiger partial charge is 0.321 e. The third-order valence-corrected chi connectivity index (χ3v) is 6.39. The van der Waals surface area contributed by atoms with E-state index in [4.69, 9.17) is 0 Å². The van der Waals surface area contributed by atoms with Gasteiger partial charge in [0.2, 0.25) is 5.95 Å². The Labute approximate surface area is 169 Å². The summed E-state index contributed by atoms with van der Waals surface area (Å²) in [6.07, 6.45) is 2.84. The quantitative estimate of drug-likeness (QED) is 0.502. The van der Waals surface area contributed by atoms with E-state index in [0.29, 0.717) is 20.7 Å². The maximum Gasteiger partial charge on any atom is 0.265 e. The van der Waals surface area contributed by atoms with Crippen LogP contribution in [0.2, 0.25) is 0 Å². The summed E-state index contributed by atoms with van der Waals surface area (Å²) in [4.78, 5) is 20.4. The van der Waals surface area contributed by atoms with Gasteiger partial charge in [-0.2, -0.15) is 0 Å². The van der Waals surface area contributed by atoms with Crippen molar-refractivity contribution in [2.45, 2.75) is 4.90 Å². The molecular formula is C19H13FN4O3S2. The lowest BCUT2D eigenvalue weighted by Crippen LogP contribution is -2.15. The number of nitrogens with one attached hydrogen (secondary N) is 2. The van der Waals surface area contributed by atoms with E-state index in [0.717, 1.165) is 0 Å². The maximum absolute atomic E-state index is 13.8. The molecule has 0 aliphatic rings. The molecule has 4 aromatic rings. The summed E-state index contributed by atoms with van der Waals surface area (Å²) >= 11 is 1.18. The highest BCUT2D eigenvalue weighted by Gasteiger charge is 2.16. The Kier molecular flexibility index (Phi) is 4.95. The first-order chi connectivity index (χ1) is 13.9. The van der Waals surface area contributed by atoms with Gasteiger partial charge in [0.05, 0.1) is 9.77 Å². The number of halogens is 1. The molecule has 146 valence electrons. The first kappa shape index (κ1) is 19.0. The fraction of sp³-hybridized carbons (Fsp3) is 0. The number of anilines is 2. The van der Waals surface area contributed by atoms with Crippen molar-refractivity contribution in [3.8, 4) is 0 Å². The van der Waals surface area contributed by atoms with Gasteiger partial charge in [0.25, 0.3) is 15.9 Å². The van der Waals surface area contributed by atoms with Crippen molar-refractivity contribution in [3.05, 3.63) is 77.7 Å². The third-order valence-electron chi connectivity index (χ3n) is 3.95. The molecule has 0 fully saturated rings. The minimum absolute atomic E-state index is 0.00751. The van der Waals surface area contributed by atoms with Crippen LogP contribution in [0.5, 0.6) is 0 Å². The van der Waals surface area contributed by atoms with Gasteiger partial charge in [-0.25, -0.2) is 27.5 Å². The lowest BCUT2D eigenvalue weighted by molar-refractivity contribution is 0.103. The van der Waals surface area contributed by atoms with Crippen molar-refractivity contribution >= 4 is 49.0 Å². The predicted octanol–water partition coefficient (Wildman–Crippen LogP) is 3.88. The van der Waals surface area contributed by atoms with Crippen LogP contribution in [-0.4, -0.2) is 24.3 Å². The topological polar surface area (TPSA) is 101 Å². The molecule has 4 rings (SSSR count). The second-order valence-electron chi connectivity index (χ2n) is 5.92. The summed E-state index contributed by atoms with van der Waals surface area (Å²) in [7, 11) is -3.86. The Balaban J connectivity index is 1.50. The second kappa shape index (κ2) is 7.57. The molecule has 2 aromatic heterocycles. The van der Waals surface area contributed by atoms with Gasteiger partial charge in [0.15, 0.2) is 0 Å². The van der Waals surface area contributed by atoms with Crippen LogP contribution in [0.4, 0.5) is 16.0 Å². The number of rotatable bonds is 5. The Morgan fingerprint density at radius 2 is 1.72 bits per heavy atom. The number of hydrogen-bond acceptors (Lipinski definition) is 6. The highest BCUT2D eigenvalue weighted by atomic mass is 32.2. The maximum atomic E-state index is 13.8. The Morgan fingerprint density at radius 1 is 1.00 bits per heavy atom. The SMILES string of the molecule is O=C(Nc1ccc(S(=O)(=O)Nc2ncccn2)cc1)c1cc2c(F)cccc2s1. The lowest BCUT2D eigenvalue weighted by atomic mass is 10.2. The minimum Gasteiger partial charge on any atom is -0.321 e. The number of nitrogens with zero attached hydrogens (tertiary/aromatic N) is 2. The fourth-order valence-electron chi connectivity index (χ4n) is 2.58. The summed E-state index contributed by atoms with van der Waals surface area (Å²) in [6, 6.07) is 13.4. The zero-order chi connectivity index (χ0) is 20.4. The molecule has 0 radical (unpaired) electrons. The summed E-state index contributed by atoms with van der Waals surface area (Å²) in [5, 5.41) is 3.06. The van der Waals surface area contributed by atoms with Crippen LogP contribution >= 0.6 is 11.3 Å². The molecule has 2 N–H and O–H groups in total. The van der Waals surface area contributed by atoms with E-state index < -0.39 is 15.9 Å². The molecule has 2 aromatic carbocycles. The number of carbonyl (C=O) groups excluding carboxylic acids is 1. The standard InChI is InChI=1S/C19H13FN4O3S2/c20-15-3-1-4-16-14(15)11-17(28-16)18(25)23-12-5-7-13(8-6-12)29(26,27)24-19-21-9-2-10-22-19/h1-11H,(H,23,25)(H,21,22,24). The van der Waals surface area contributed by atoms with Gasteiger partial charge in [0, 0.05) is 28.2 Å². The smallest absolute Gasteiger partial charge is 0.265 e. The van der Waals surface area contributed by atoms with E-state index in [-0.39, 0.29) is 16.7 Å². The predicted molar refractivity (Wildman–Crippen MR) is 109 cm³/mol. The van der Waals surface area contributed by atoms with Gasteiger partial charge in [-0.1, -0.05) is 6.07 Å². The number of hydrogen-bond donors (Lipinski definition) is 2. The van der Waals surface area contributed by atoms with Crippen molar-refractivity contribution in [3.63, 3.8) is 0 Å². The summed E-state index contributed by atoms with van der Waals surface area (Å²) in [6.45, 7) is 0. The summed E-state index contributed by atoms with van der Waals surface area (Å²) < 4.78 is 41.5. The van der Waals surface area contributed by atoms with Gasteiger partial charge in [0.1, 0.15) is 5.82 Å². The Morgan fingerprint density at radius 3 is 2.41 bits per heavy atom. The molecule has 7 nitrogen and oxygen atoms in total. The van der Waals surface area contributed by atoms with E-state index >= 15 is 0 Å². The average Bonchev–Trinajstić information content (AvgIpc) is 3.15. The van der Waals surface area contributed by atoms with Crippen LogP contribution in [0, 0.1) is 5.82 Å².